The van der Waals surface area contributed by atoms with Crippen molar-refractivity contribution in [2.75, 3.05) is 30.4 Å². The number of carbonyl (C=O) groups excluding carboxylic acids is 4. The minimum Gasteiger partial charge on any atom is -0.466 e. The number of ether oxygens (including phenoxy) is 2. The molecule has 0 atom stereocenters. The van der Waals surface area contributed by atoms with E-state index in [0.29, 0.717) is 16.5 Å². The summed E-state index contributed by atoms with van der Waals surface area (Å²) in [4.78, 5) is 52.3. The highest BCUT2D eigenvalue weighted by Crippen LogP contribution is 2.32. The number of rotatable bonds is 10. The maximum atomic E-state index is 12.8. The Balaban J connectivity index is 1.83. The summed E-state index contributed by atoms with van der Waals surface area (Å²) in [5.74, 6) is -1.32. The Morgan fingerprint density at radius 1 is 1.05 bits per heavy atom. The Hall–Kier alpha value is -3.90. The van der Waals surface area contributed by atoms with Gasteiger partial charge in [0, 0.05) is 36.2 Å². The summed E-state index contributed by atoms with van der Waals surface area (Å²) in [6, 6.07) is 7.88. The number of esters is 2. The zero-order valence-corrected chi connectivity index (χ0v) is 22.0. The average Bonchev–Trinajstić information content (AvgIpc) is 3.43. The Morgan fingerprint density at radius 2 is 1.76 bits per heavy atom. The van der Waals surface area contributed by atoms with Gasteiger partial charge in [0.1, 0.15) is 5.15 Å². The average molecular weight is 548 g/mol. The van der Waals surface area contributed by atoms with Gasteiger partial charge in [0.25, 0.3) is 0 Å². The molecule has 0 aliphatic rings. The van der Waals surface area contributed by atoms with Gasteiger partial charge in [-0.1, -0.05) is 23.7 Å². The van der Waals surface area contributed by atoms with Gasteiger partial charge in [-0.05, 0) is 26.0 Å². The fourth-order valence-electron chi connectivity index (χ4n) is 3.30. The lowest BCUT2D eigenvalue weighted by molar-refractivity contribution is -0.142. The van der Waals surface area contributed by atoms with Crippen LogP contribution in [0.2, 0.25) is 5.15 Å². The van der Waals surface area contributed by atoms with Gasteiger partial charge in [0.15, 0.2) is 10.8 Å². The standard InChI is InChI=1S/C24H26ClN5O6S/c1-4-35-20(32)10-11-26-23(34)28-17-12-19(25)30(21(17)22(33)36-5-2)16-8-6-15(7-9-16)18-13-37-24(29-18)27-14(3)31/h6-9,12-13H,4-5,10-11H2,1-3H3,(H2,26,28,34)(H,27,29,31). The Bertz CT molecular complexity index is 1290. The molecule has 3 N–H and O–H groups in total. The largest absolute Gasteiger partial charge is 0.466 e. The van der Waals surface area contributed by atoms with E-state index in [1.54, 1.807) is 38.1 Å². The summed E-state index contributed by atoms with van der Waals surface area (Å²) in [7, 11) is 0. The number of hydrogen-bond donors (Lipinski definition) is 3. The van der Waals surface area contributed by atoms with E-state index in [9.17, 15) is 19.2 Å². The first kappa shape index (κ1) is 27.7. The lowest BCUT2D eigenvalue weighted by atomic mass is 10.1. The highest BCUT2D eigenvalue weighted by molar-refractivity contribution is 7.14. The van der Waals surface area contributed by atoms with Crippen LogP contribution in [0, 0.1) is 0 Å². The smallest absolute Gasteiger partial charge is 0.357 e. The van der Waals surface area contributed by atoms with Gasteiger partial charge in [0.05, 0.1) is 31.0 Å². The summed E-state index contributed by atoms with van der Waals surface area (Å²) in [6.45, 7) is 5.19. The molecule has 3 aromatic rings. The highest BCUT2D eigenvalue weighted by Gasteiger charge is 2.24. The van der Waals surface area contributed by atoms with E-state index < -0.39 is 18.0 Å². The molecule has 0 spiro atoms. The number of anilines is 2. The summed E-state index contributed by atoms with van der Waals surface area (Å²) in [5.41, 5.74) is 2.18. The predicted octanol–water partition coefficient (Wildman–Crippen LogP) is 4.46. The molecule has 0 unspecified atom stereocenters. The van der Waals surface area contributed by atoms with Gasteiger partial charge in [-0.15, -0.1) is 11.3 Å². The van der Waals surface area contributed by atoms with E-state index in [4.69, 9.17) is 21.1 Å². The third kappa shape index (κ3) is 7.30. The number of hydrogen-bond acceptors (Lipinski definition) is 8. The predicted molar refractivity (Wildman–Crippen MR) is 140 cm³/mol. The van der Waals surface area contributed by atoms with E-state index >= 15 is 0 Å². The molecule has 2 heterocycles. The molecule has 0 radical (unpaired) electrons. The molecule has 11 nitrogen and oxygen atoms in total. The molecule has 0 fully saturated rings. The van der Waals surface area contributed by atoms with Crippen LogP contribution < -0.4 is 16.0 Å². The third-order valence-electron chi connectivity index (χ3n) is 4.80. The van der Waals surface area contributed by atoms with Crippen LogP contribution >= 0.6 is 22.9 Å². The molecule has 1 aromatic carbocycles. The maximum Gasteiger partial charge on any atom is 0.357 e. The Kier molecular flexibility index (Phi) is 9.64. The van der Waals surface area contributed by atoms with E-state index in [0.717, 1.165) is 5.56 Å². The first-order valence-corrected chi connectivity index (χ1v) is 12.6. The molecule has 0 aliphatic carbocycles. The second-order valence-corrected chi connectivity index (χ2v) is 8.73. The molecular formula is C24H26ClN5O6S. The number of urea groups is 1. The van der Waals surface area contributed by atoms with Crippen molar-refractivity contribution in [1.29, 1.82) is 0 Å². The number of benzene rings is 1. The van der Waals surface area contributed by atoms with Gasteiger partial charge in [-0.25, -0.2) is 14.6 Å². The lowest BCUT2D eigenvalue weighted by Crippen LogP contribution is -2.31. The normalized spacial score (nSPS) is 10.5. The van der Waals surface area contributed by atoms with Gasteiger partial charge in [0.2, 0.25) is 5.91 Å². The number of thiazole rings is 1. The molecule has 2 aromatic heterocycles. The van der Waals surface area contributed by atoms with Crippen LogP contribution in [0.1, 0.15) is 37.7 Å². The fourth-order valence-corrected chi connectivity index (χ4v) is 4.36. The zero-order valence-electron chi connectivity index (χ0n) is 20.4. The van der Waals surface area contributed by atoms with Crippen molar-refractivity contribution in [3.05, 3.63) is 46.6 Å². The Labute approximate surface area is 222 Å². The first-order chi connectivity index (χ1) is 17.7. The van der Waals surface area contributed by atoms with E-state index in [1.165, 1.54) is 28.9 Å². The highest BCUT2D eigenvalue weighted by atomic mass is 35.5. The zero-order chi connectivity index (χ0) is 26.9. The van der Waals surface area contributed by atoms with Gasteiger partial charge in [-0.2, -0.15) is 0 Å². The SMILES string of the molecule is CCOC(=O)CCNC(=O)Nc1cc(Cl)n(-c2ccc(-c3csc(NC(C)=O)n3)cc2)c1C(=O)OCC. The molecule has 37 heavy (non-hydrogen) atoms. The lowest BCUT2D eigenvalue weighted by Gasteiger charge is -2.13. The summed E-state index contributed by atoms with van der Waals surface area (Å²) in [6.07, 6.45) is 0.00536. The van der Waals surface area contributed by atoms with Crippen LogP contribution in [0.4, 0.5) is 15.6 Å². The molecule has 3 rings (SSSR count). The first-order valence-electron chi connectivity index (χ1n) is 11.4. The van der Waals surface area contributed by atoms with Crippen LogP contribution in [0.15, 0.2) is 35.7 Å². The van der Waals surface area contributed by atoms with Crippen molar-refractivity contribution in [2.24, 2.45) is 0 Å². The van der Waals surface area contributed by atoms with Crippen LogP contribution in [0.5, 0.6) is 0 Å². The van der Waals surface area contributed by atoms with Crippen LogP contribution in [-0.2, 0) is 19.1 Å². The molecule has 3 amide bonds. The summed E-state index contributed by atoms with van der Waals surface area (Å²) >= 11 is 7.78. The second-order valence-electron chi connectivity index (χ2n) is 7.49. The van der Waals surface area contributed by atoms with Crippen molar-refractivity contribution in [2.45, 2.75) is 27.2 Å². The van der Waals surface area contributed by atoms with Gasteiger partial charge in [-0.3, -0.25) is 14.2 Å². The van der Waals surface area contributed by atoms with Crippen LogP contribution in [-0.4, -0.2) is 53.2 Å². The second kappa shape index (κ2) is 12.9. The van der Waals surface area contributed by atoms with E-state index in [2.05, 4.69) is 20.9 Å². The topological polar surface area (TPSA) is 141 Å². The summed E-state index contributed by atoms with van der Waals surface area (Å²) in [5, 5.41) is 10.2. The maximum absolute atomic E-state index is 12.8. The number of amides is 3. The fraction of sp³-hybridized carbons (Fsp3) is 0.292. The van der Waals surface area contributed by atoms with Crippen LogP contribution in [0.25, 0.3) is 16.9 Å². The van der Waals surface area contributed by atoms with Crippen molar-refractivity contribution in [1.82, 2.24) is 14.9 Å². The van der Waals surface area contributed by atoms with Crippen LogP contribution in [0.3, 0.4) is 0 Å². The number of aromatic nitrogens is 2. The third-order valence-corrected chi connectivity index (χ3v) is 5.84. The quantitative estimate of drug-likeness (QED) is 0.318. The Morgan fingerprint density at radius 3 is 2.41 bits per heavy atom. The number of nitrogens with one attached hydrogen (secondary N) is 3. The molecule has 0 saturated carbocycles. The van der Waals surface area contributed by atoms with Gasteiger partial charge < -0.3 is 25.4 Å². The van der Waals surface area contributed by atoms with Crippen molar-refractivity contribution in [3.63, 3.8) is 0 Å². The summed E-state index contributed by atoms with van der Waals surface area (Å²) < 4.78 is 11.5. The minimum atomic E-state index is -0.681. The van der Waals surface area contributed by atoms with Crippen molar-refractivity contribution >= 4 is 57.6 Å². The molecular weight excluding hydrogens is 522 g/mol. The van der Waals surface area contributed by atoms with Crippen molar-refractivity contribution in [3.8, 4) is 16.9 Å². The molecule has 0 bridgehead atoms. The number of halogens is 1. The van der Waals surface area contributed by atoms with Crippen molar-refractivity contribution < 1.29 is 28.7 Å². The van der Waals surface area contributed by atoms with E-state index in [1.807, 2.05) is 5.38 Å². The molecule has 0 aliphatic heterocycles. The number of nitrogens with zero attached hydrogens (tertiary/aromatic N) is 2. The number of carbonyl (C=O) groups is 4. The van der Waals surface area contributed by atoms with Gasteiger partial charge >= 0.3 is 18.0 Å². The van der Waals surface area contributed by atoms with E-state index in [-0.39, 0.29) is 48.6 Å². The molecule has 13 heteroatoms. The monoisotopic (exact) mass is 547 g/mol. The molecule has 0 saturated heterocycles. The molecule has 196 valence electrons. The minimum absolute atomic E-state index is 0.00536.